The van der Waals surface area contributed by atoms with E-state index in [1.807, 2.05) is 24.3 Å². The van der Waals surface area contributed by atoms with Gasteiger partial charge in [-0.3, -0.25) is 0 Å². The standard InChI is InChI=1S/C58H82O2/c1-5-9-13-17-21-25-31-49-47-55(39-41-57-35-29-43-59-57)51(33-27-23-19-15-11-7-3)45-53(49)37-38-54-46-52(34-28-24-20-16-12-8-4)56(40-42-58-36-30-44-60-58)48-50(54)32-26-22-18-14-10-6-2/h29-30,35-36,39-48H,5-28,31-34H2,1-4H3/b41-39+,42-40+. The zero-order valence-corrected chi connectivity index (χ0v) is 38.7. The van der Waals surface area contributed by atoms with E-state index in [-0.39, 0.29) is 0 Å². The second kappa shape index (κ2) is 31.0. The highest BCUT2D eigenvalue weighted by Crippen LogP contribution is 2.27. The van der Waals surface area contributed by atoms with Crippen molar-refractivity contribution in [3.05, 3.63) is 117 Å². The minimum absolute atomic E-state index is 0.902. The zero-order chi connectivity index (χ0) is 42.3. The molecule has 4 aromatic rings. The number of benzene rings is 2. The first-order valence-corrected chi connectivity index (χ1v) is 24.9. The molecule has 0 N–H and O–H groups in total. The van der Waals surface area contributed by atoms with Gasteiger partial charge in [-0.05, 0) is 133 Å². The second-order valence-electron chi connectivity index (χ2n) is 17.4. The van der Waals surface area contributed by atoms with Crippen LogP contribution in [-0.4, -0.2) is 0 Å². The topological polar surface area (TPSA) is 26.3 Å². The van der Waals surface area contributed by atoms with Crippen molar-refractivity contribution < 1.29 is 8.83 Å². The summed E-state index contributed by atoms with van der Waals surface area (Å²) in [4.78, 5) is 0. The summed E-state index contributed by atoms with van der Waals surface area (Å²) in [7, 11) is 0. The van der Waals surface area contributed by atoms with Crippen LogP contribution in [0.1, 0.15) is 238 Å². The Kier molecular flexibility index (Phi) is 25.1. The number of hydrogen-bond acceptors (Lipinski definition) is 2. The molecule has 2 heterocycles. The Morgan fingerprint density at radius 3 is 1.00 bits per heavy atom. The van der Waals surface area contributed by atoms with Gasteiger partial charge in [0.2, 0.25) is 0 Å². The predicted molar refractivity (Wildman–Crippen MR) is 262 cm³/mol. The summed E-state index contributed by atoms with van der Waals surface area (Å²) in [6.07, 6.45) is 47.8. The number of furan rings is 2. The summed E-state index contributed by atoms with van der Waals surface area (Å²) < 4.78 is 11.5. The van der Waals surface area contributed by atoms with E-state index in [4.69, 9.17) is 8.83 Å². The van der Waals surface area contributed by atoms with Gasteiger partial charge in [-0.2, -0.15) is 0 Å². The molecular formula is C58H82O2. The fourth-order valence-electron chi connectivity index (χ4n) is 8.44. The SMILES string of the molecule is CCCCCCCCc1cc(/C=C/c2ccco2)c(CCCCCCCC)cc1C#Cc1cc(CCCCCCCC)c(/C=C/c2ccco2)cc1CCCCCCCC. The maximum atomic E-state index is 5.73. The van der Waals surface area contributed by atoms with E-state index < -0.39 is 0 Å². The van der Waals surface area contributed by atoms with Crippen LogP contribution in [0.25, 0.3) is 24.3 Å². The Labute approximate surface area is 368 Å². The first-order chi connectivity index (χ1) is 29.6. The molecule has 0 aliphatic rings. The molecule has 0 amide bonds. The monoisotopic (exact) mass is 811 g/mol. The molecule has 4 rings (SSSR count). The van der Waals surface area contributed by atoms with E-state index in [1.54, 1.807) is 12.5 Å². The molecule has 2 aromatic carbocycles. The Morgan fingerprint density at radius 2 is 0.683 bits per heavy atom. The average Bonchev–Trinajstić information content (AvgIpc) is 4.00. The molecule has 326 valence electrons. The molecule has 0 unspecified atom stereocenters. The lowest BCUT2D eigenvalue weighted by molar-refractivity contribution is 0.557. The van der Waals surface area contributed by atoms with Crippen LogP contribution in [0.2, 0.25) is 0 Å². The predicted octanol–water partition coefficient (Wildman–Crippen LogP) is 18.2. The van der Waals surface area contributed by atoms with Gasteiger partial charge in [-0.1, -0.05) is 192 Å². The fourth-order valence-corrected chi connectivity index (χ4v) is 8.44. The maximum absolute atomic E-state index is 5.73. The summed E-state index contributed by atoms with van der Waals surface area (Å²) in [5.41, 5.74) is 10.7. The van der Waals surface area contributed by atoms with Crippen LogP contribution < -0.4 is 0 Å². The van der Waals surface area contributed by atoms with Crippen LogP contribution in [-0.2, 0) is 25.7 Å². The molecule has 0 spiro atoms. The van der Waals surface area contributed by atoms with Crippen LogP contribution in [0.5, 0.6) is 0 Å². The molecular weight excluding hydrogens is 729 g/mol. The van der Waals surface area contributed by atoms with Gasteiger partial charge in [0.25, 0.3) is 0 Å². The van der Waals surface area contributed by atoms with Gasteiger partial charge < -0.3 is 8.83 Å². The summed E-state index contributed by atoms with van der Waals surface area (Å²) in [6.45, 7) is 9.21. The second-order valence-corrected chi connectivity index (χ2v) is 17.4. The summed E-state index contributed by atoms with van der Waals surface area (Å²) >= 11 is 0. The Balaban J connectivity index is 1.75. The molecule has 2 aromatic heterocycles. The van der Waals surface area contributed by atoms with Crippen molar-refractivity contribution in [2.75, 3.05) is 0 Å². The number of aryl methyl sites for hydroxylation is 4. The van der Waals surface area contributed by atoms with E-state index in [0.29, 0.717) is 0 Å². The zero-order valence-electron chi connectivity index (χ0n) is 38.7. The smallest absolute Gasteiger partial charge is 0.126 e. The van der Waals surface area contributed by atoms with Gasteiger partial charge >= 0.3 is 0 Å². The van der Waals surface area contributed by atoms with Crippen molar-refractivity contribution in [1.29, 1.82) is 0 Å². The lowest BCUT2D eigenvalue weighted by Crippen LogP contribution is -2.00. The molecule has 0 aliphatic heterocycles. The molecule has 0 bridgehead atoms. The van der Waals surface area contributed by atoms with Gasteiger partial charge in [-0.25, -0.2) is 0 Å². The van der Waals surface area contributed by atoms with Crippen molar-refractivity contribution in [2.45, 2.75) is 207 Å². The Bertz CT molecular complexity index is 1670. The third-order valence-corrected chi connectivity index (χ3v) is 12.2. The summed E-state index contributed by atoms with van der Waals surface area (Å²) in [5.74, 6) is 9.55. The largest absolute Gasteiger partial charge is 0.465 e. The third-order valence-electron chi connectivity index (χ3n) is 12.2. The summed E-state index contributed by atoms with van der Waals surface area (Å²) in [6, 6.07) is 17.9. The van der Waals surface area contributed by atoms with Gasteiger partial charge in [0.1, 0.15) is 11.5 Å². The summed E-state index contributed by atoms with van der Waals surface area (Å²) in [5, 5.41) is 0. The molecule has 0 atom stereocenters. The number of rotatable bonds is 32. The lowest BCUT2D eigenvalue weighted by atomic mass is 9.90. The van der Waals surface area contributed by atoms with Gasteiger partial charge in [0.05, 0.1) is 12.5 Å². The van der Waals surface area contributed by atoms with Crippen molar-refractivity contribution in [2.24, 2.45) is 0 Å². The first kappa shape index (κ1) is 48.7. The van der Waals surface area contributed by atoms with Crippen molar-refractivity contribution in [3.8, 4) is 11.8 Å². The number of unbranched alkanes of at least 4 members (excludes halogenated alkanes) is 20. The van der Waals surface area contributed by atoms with E-state index in [1.165, 1.54) is 199 Å². The highest BCUT2D eigenvalue weighted by atomic mass is 16.3. The molecule has 0 saturated heterocycles. The van der Waals surface area contributed by atoms with Crippen LogP contribution in [0.3, 0.4) is 0 Å². The molecule has 0 radical (unpaired) electrons. The Hall–Kier alpha value is -3.96. The quantitative estimate of drug-likeness (QED) is 0.0363. The molecule has 0 fully saturated rings. The van der Waals surface area contributed by atoms with Crippen molar-refractivity contribution in [3.63, 3.8) is 0 Å². The molecule has 2 heteroatoms. The highest BCUT2D eigenvalue weighted by molar-refractivity contribution is 5.72. The lowest BCUT2D eigenvalue weighted by Gasteiger charge is -2.14. The maximum Gasteiger partial charge on any atom is 0.126 e. The number of hydrogen-bond donors (Lipinski definition) is 0. The highest BCUT2D eigenvalue weighted by Gasteiger charge is 2.12. The molecule has 60 heavy (non-hydrogen) atoms. The minimum atomic E-state index is 0.902. The van der Waals surface area contributed by atoms with Gasteiger partial charge in [0, 0.05) is 11.1 Å². The van der Waals surface area contributed by atoms with Gasteiger partial charge in [0.15, 0.2) is 0 Å². The first-order valence-electron chi connectivity index (χ1n) is 24.9. The van der Waals surface area contributed by atoms with E-state index in [2.05, 4.69) is 88.1 Å². The normalized spacial score (nSPS) is 11.6. The van der Waals surface area contributed by atoms with E-state index >= 15 is 0 Å². The third kappa shape index (κ3) is 19.2. The van der Waals surface area contributed by atoms with Crippen LogP contribution >= 0.6 is 0 Å². The minimum Gasteiger partial charge on any atom is -0.465 e. The molecule has 2 nitrogen and oxygen atoms in total. The van der Waals surface area contributed by atoms with Crippen molar-refractivity contribution in [1.82, 2.24) is 0 Å². The Morgan fingerprint density at radius 1 is 0.367 bits per heavy atom. The van der Waals surface area contributed by atoms with E-state index in [9.17, 15) is 0 Å². The van der Waals surface area contributed by atoms with Crippen LogP contribution in [0, 0.1) is 11.8 Å². The fraction of sp³-hybridized carbons (Fsp3) is 0.552. The van der Waals surface area contributed by atoms with Gasteiger partial charge in [-0.15, -0.1) is 0 Å². The average molecular weight is 811 g/mol. The molecule has 0 saturated carbocycles. The van der Waals surface area contributed by atoms with Crippen LogP contribution in [0.4, 0.5) is 0 Å². The van der Waals surface area contributed by atoms with Crippen LogP contribution in [0.15, 0.2) is 69.9 Å². The molecule has 0 aliphatic carbocycles. The van der Waals surface area contributed by atoms with E-state index in [0.717, 1.165) is 37.2 Å². The van der Waals surface area contributed by atoms with Crippen molar-refractivity contribution >= 4 is 24.3 Å².